The summed E-state index contributed by atoms with van der Waals surface area (Å²) in [5, 5.41) is 6.10. The smallest absolute Gasteiger partial charge is 0.161 e. The molecule has 0 fully saturated rings. The Morgan fingerprint density at radius 1 is 0.500 bits per heavy atom. The van der Waals surface area contributed by atoms with Crippen molar-refractivity contribution in [3.8, 4) is 33.8 Å². The molecule has 0 bridgehead atoms. The van der Waals surface area contributed by atoms with Crippen LogP contribution in [-0.4, -0.2) is 14.4 Å². The van der Waals surface area contributed by atoms with Crippen LogP contribution in [0.15, 0.2) is 140 Å². The van der Waals surface area contributed by atoms with Gasteiger partial charge in [0.05, 0.1) is 32.5 Å². The molecule has 0 aliphatic rings. The summed E-state index contributed by atoms with van der Waals surface area (Å²) in [5.41, 5.74) is 10.3. The van der Waals surface area contributed by atoms with Crippen molar-refractivity contribution >= 4 is 69.7 Å². The minimum Gasteiger partial charge on any atom is -0.308 e. The van der Waals surface area contributed by atoms with Gasteiger partial charge in [0.1, 0.15) is 0 Å². The Morgan fingerprint density at radius 2 is 1.20 bits per heavy atom. The van der Waals surface area contributed by atoms with Crippen LogP contribution in [-0.2, 0) is 0 Å². The summed E-state index contributed by atoms with van der Waals surface area (Å²) in [6.45, 7) is 0. The number of benzene rings is 6. The van der Waals surface area contributed by atoms with E-state index in [0.29, 0.717) is 0 Å². The Labute approximate surface area is 256 Å². The molecule has 0 saturated carbocycles. The van der Waals surface area contributed by atoms with Gasteiger partial charge in [0.15, 0.2) is 5.82 Å². The van der Waals surface area contributed by atoms with Crippen molar-refractivity contribution < 1.29 is 0 Å². The number of hydrogen-bond acceptors (Lipinski definition) is 3. The third-order valence-electron chi connectivity index (χ3n) is 8.96. The minimum absolute atomic E-state index is 0.760. The first-order valence-electron chi connectivity index (χ1n) is 14.8. The van der Waals surface area contributed by atoms with E-state index in [4.69, 9.17) is 9.97 Å². The van der Waals surface area contributed by atoms with Gasteiger partial charge in [-0.05, 0) is 41.5 Å². The second-order valence-electron chi connectivity index (χ2n) is 11.4. The van der Waals surface area contributed by atoms with E-state index in [9.17, 15) is 0 Å². The lowest BCUT2D eigenvalue weighted by Crippen LogP contribution is -1.94. The molecule has 204 valence electrons. The van der Waals surface area contributed by atoms with E-state index in [1.165, 1.54) is 59.3 Å². The van der Waals surface area contributed by atoms with Crippen molar-refractivity contribution in [2.45, 2.75) is 0 Å². The Hall–Kier alpha value is -5.58. The normalized spacial score (nSPS) is 12.1. The van der Waals surface area contributed by atoms with Gasteiger partial charge in [-0.25, -0.2) is 9.97 Å². The Balaban J connectivity index is 1.33. The number of hydrogen-bond donors (Lipinski definition) is 0. The third-order valence-corrected chi connectivity index (χ3v) is 10.1. The fraction of sp³-hybridized carbons (Fsp3) is 0. The molecule has 0 atom stereocenters. The lowest BCUT2D eigenvalue weighted by atomic mass is 9.99. The zero-order chi connectivity index (χ0) is 28.8. The zero-order valence-electron chi connectivity index (χ0n) is 23.5. The van der Waals surface area contributed by atoms with Crippen molar-refractivity contribution in [3.05, 3.63) is 140 Å². The maximum atomic E-state index is 5.35. The molecule has 44 heavy (non-hydrogen) atoms. The first kappa shape index (κ1) is 23.9. The molecular formula is C40H23N3S. The number of fused-ring (bicyclic) bond motifs is 9. The monoisotopic (exact) mass is 577 g/mol. The molecule has 0 N–H and O–H groups in total. The molecule has 0 aliphatic heterocycles. The topological polar surface area (TPSA) is 30.2 Å². The van der Waals surface area contributed by atoms with Crippen LogP contribution in [0.4, 0.5) is 0 Å². The van der Waals surface area contributed by atoms with Crippen molar-refractivity contribution in [3.63, 3.8) is 0 Å². The number of rotatable bonds is 3. The second kappa shape index (κ2) is 8.96. The highest BCUT2D eigenvalue weighted by Gasteiger charge is 2.23. The van der Waals surface area contributed by atoms with Crippen LogP contribution in [0.5, 0.6) is 0 Å². The van der Waals surface area contributed by atoms with Crippen molar-refractivity contribution in [2.24, 2.45) is 0 Å². The standard InChI is InChI=1S/C40H23N3S/c1-3-11-24(12-4-1)26-19-22-33-31(23-26)27-20-21-30(35-28-15-7-9-17-32(28)43(33)38(27)35)40-41-36(25-13-5-2-6-14-25)39-37(42-40)29-16-8-10-18-34(29)44-39/h1-23H. The first-order chi connectivity index (χ1) is 21.8. The van der Waals surface area contributed by atoms with E-state index in [1.807, 2.05) is 0 Å². The summed E-state index contributed by atoms with van der Waals surface area (Å²) in [6, 6.07) is 49.8. The highest BCUT2D eigenvalue weighted by molar-refractivity contribution is 7.26. The average Bonchev–Trinajstić information content (AvgIpc) is 3.75. The molecule has 0 amide bonds. The van der Waals surface area contributed by atoms with E-state index >= 15 is 0 Å². The third kappa shape index (κ3) is 3.26. The molecule has 0 saturated heterocycles. The van der Waals surface area contributed by atoms with Gasteiger partial charge in [-0.1, -0.05) is 109 Å². The highest BCUT2D eigenvalue weighted by atomic mass is 32.1. The lowest BCUT2D eigenvalue weighted by Gasteiger charge is -2.09. The van der Waals surface area contributed by atoms with E-state index in [0.717, 1.165) is 32.9 Å². The van der Waals surface area contributed by atoms with E-state index in [-0.39, 0.29) is 0 Å². The van der Waals surface area contributed by atoms with Gasteiger partial charge in [0.25, 0.3) is 0 Å². The largest absolute Gasteiger partial charge is 0.308 e. The molecule has 0 aliphatic carbocycles. The average molecular weight is 578 g/mol. The summed E-state index contributed by atoms with van der Waals surface area (Å²) >= 11 is 1.77. The number of nitrogens with zero attached hydrogens (tertiary/aromatic N) is 3. The van der Waals surface area contributed by atoms with E-state index < -0.39 is 0 Å². The summed E-state index contributed by atoms with van der Waals surface area (Å²) < 4.78 is 4.79. The van der Waals surface area contributed by atoms with Crippen molar-refractivity contribution in [1.29, 1.82) is 0 Å². The van der Waals surface area contributed by atoms with Gasteiger partial charge in [-0.15, -0.1) is 11.3 Å². The molecule has 10 aromatic rings. The molecule has 0 radical (unpaired) electrons. The molecule has 4 aromatic heterocycles. The fourth-order valence-corrected chi connectivity index (χ4v) is 8.16. The van der Waals surface area contributed by atoms with Gasteiger partial charge >= 0.3 is 0 Å². The fourth-order valence-electron chi connectivity index (χ4n) is 7.01. The van der Waals surface area contributed by atoms with Crippen LogP contribution in [0.3, 0.4) is 0 Å². The predicted molar refractivity (Wildman–Crippen MR) is 186 cm³/mol. The van der Waals surface area contributed by atoms with Crippen LogP contribution in [0.1, 0.15) is 0 Å². The van der Waals surface area contributed by atoms with Crippen LogP contribution in [0.25, 0.3) is 92.2 Å². The van der Waals surface area contributed by atoms with Gasteiger partial charge in [-0.3, -0.25) is 0 Å². The number of thiophene rings is 1. The maximum absolute atomic E-state index is 5.35. The molecule has 10 rings (SSSR count). The minimum atomic E-state index is 0.760. The van der Waals surface area contributed by atoms with Crippen LogP contribution in [0.2, 0.25) is 0 Å². The van der Waals surface area contributed by atoms with E-state index in [2.05, 4.69) is 144 Å². The predicted octanol–water partition coefficient (Wildman–Crippen LogP) is 11.0. The first-order valence-corrected chi connectivity index (χ1v) is 15.7. The summed E-state index contributed by atoms with van der Waals surface area (Å²) in [4.78, 5) is 10.7. The number of para-hydroxylation sites is 1. The molecule has 3 nitrogen and oxygen atoms in total. The Bertz CT molecular complexity index is 2700. The summed E-state index contributed by atoms with van der Waals surface area (Å²) in [7, 11) is 0. The lowest BCUT2D eigenvalue weighted by molar-refractivity contribution is 1.25. The molecule has 0 unspecified atom stereocenters. The van der Waals surface area contributed by atoms with Gasteiger partial charge in [0, 0.05) is 42.8 Å². The zero-order valence-corrected chi connectivity index (χ0v) is 24.3. The van der Waals surface area contributed by atoms with Crippen LogP contribution < -0.4 is 0 Å². The Morgan fingerprint density at radius 3 is 2.05 bits per heavy atom. The van der Waals surface area contributed by atoms with Crippen LogP contribution in [0, 0.1) is 0 Å². The molecule has 4 heteroatoms. The quantitative estimate of drug-likeness (QED) is 0.209. The van der Waals surface area contributed by atoms with E-state index in [1.54, 1.807) is 11.3 Å². The Kier molecular flexibility index (Phi) is 4.87. The van der Waals surface area contributed by atoms with Crippen LogP contribution >= 0.6 is 11.3 Å². The summed E-state index contributed by atoms with van der Waals surface area (Å²) in [6.07, 6.45) is 0. The molecule has 4 heterocycles. The van der Waals surface area contributed by atoms with Gasteiger partial charge in [0.2, 0.25) is 0 Å². The SMILES string of the molecule is c1ccc(-c2ccc3c(c2)c2ccc(-c4nc(-c5ccccc5)c5sc6ccccc6c5n4)c4c5ccccc5n3c24)cc1. The highest BCUT2D eigenvalue weighted by Crippen LogP contribution is 2.45. The maximum Gasteiger partial charge on any atom is 0.161 e. The summed E-state index contributed by atoms with van der Waals surface area (Å²) in [5.74, 6) is 0.760. The van der Waals surface area contributed by atoms with Crippen molar-refractivity contribution in [1.82, 2.24) is 14.4 Å². The van der Waals surface area contributed by atoms with Gasteiger partial charge in [-0.2, -0.15) is 0 Å². The second-order valence-corrected chi connectivity index (χ2v) is 12.4. The molecule has 6 aromatic carbocycles. The van der Waals surface area contributed by atoms with Crippen molar-refractivity contribution in [2.75, 3.05) is 0 Å². The molecular weight excluding hydrogens is 555 g/mol. The van der Waals surface area contributed by atoms with Gasteiger partial charge < -0.3 is 4.40 Å². The number of aromatic nitrogens is 3. The molecule has 0 spiro atoms.